The van der Waals surface area contributed by atoms with Gasteiger partial charge in [0.2, 0.25) is 0 Å². The number of ether oxygens (including phenoxy) is 2. The highest BCUT2D eigenvalue weighted by Crippen LogP contribution is 2.29. The number of hydrogen-bond acceptors (Lipinski definition) is 5. The Kier molecular flexibility index (Phi) is 6.80. The zero-order valence-electron chi connectivity index (χ0n) is 16.4. The Morgan fingerprint density at radius 2 is 1.63 bits per heavy atom. The van der Waals surface area contributed by atoms with Crippen LogP contribution in [0.25, 0.3) is 11.1 Å². The molecule has 0 fully saturated rings. The van der Waals surface area contributed by atoms with Crippen molar-refractivity contribution in [1.29, 1.82) is 5.26 Å². The topological polar surface area (TPSA) is 88.4 Å². The third-order valence-corrected chi connectivity index (χ3v) is 4.28. The molecule has 0 aliphatic heterocycles. The largest absolute Gasteiger partial charge is 0.481 e. The second kappa shape index (κ2) is 9.89. The number of nitrogens with one attached hydrogen (secondary N) is 1. The van der Waals surface area contributed by atoms with Crippen molar-refractivity contribution in [2.24, 2.45) is 0 Å². The Balaban J connectivity index is 1.54. The third kappa shape index (κ3) is 5.46. The highest BCUT2D eigenvalue weighted by atomic mass is 16.6. The smallest absolute Gasteiger partial charge is 0.344 e. The minimum atomic E-state index is -0.999. The summed E-state index contributed by atoms with van der Waals surface area (Å²) in [4.78, 5) is 24.4. The van der Waals surface area contributed by atoms with Crippen LogP contribution in [0.1, 0.15) is 12.5 Å². The van der Waals surface area contributed by atoms with Gasteiger partial charge in [-0.1, -0.05) is 48.5 Å². The van der Waals surface area contributed by atoms with Crippen LogP contribution in [0.4, 0.5) is 5.69 Å². The molecule has 1 amide bonds. The van der Waals surface area contributed by atoms with Crippen LogP contribution in [0.3, 0.4) is 0 Å². The van der Waals surface area contributed by atoms with Gasteiger partial charge in [0, 0.05) is 11.3 Å². The van der Waals surface area contributed by atoms with Crippen molar-refractivity contribution in [3.05, 3.63) is 84.4 Å². The molecule has 3 aromatic rings. The van der Waals surface area contributed by atoms with Crippen molar-refractivity contribution >= 4 is 17.6 Å². The number of carbonyl (C=O) groups excluding carboxylic acids is 2. The molecule has 0 saturated heterocycles. The average Bonchev–Trinajstić information content (AvgIpc) is 2.79. The molecule has 0 aromatic heterocycles. The maximum atomic E-state index is 12.2. The second-order valence-corrected chi connectivity index (χ2v) is 6.46. The van der Waals surface area contributed by atoms with Crippen molar-refractivity contribution in [1.82, 2.24) is 0 Å². The van der Waals surface area contributed by atoms with Gasteiger partial charge in [-0.25, -0.2) is 4.79 Å². The number of esters is 1. The van der Waals surface area contributed by atoms with Gasteiger partial charge in [-0.05, 0) is 42.8 Å². The Morgan fingerprint density at radius 1 is 0.967 bits per heavy atom. The quantitative estimate of drug-likeness (QED) is 0.601. The molecular weight excluding hydrogens is 380 g/mol. The number of rotatable bonds is 7. The summed E-state index contributed by atoms with van der Waals surface area (Å²) in [6.07, 6.45) is -0.999. The summed E-state index contributed by atoms with van der Waals surface area (Å²) in [5.74, 6) is -0.576. The normalized spacial score (nSPS) is 11.1. The number of nitriles is 1. The molecule has 1 N–H and O–H groups in total. The zero-order chi connectivity index (χ0) is 21.3. The summed E-state index contributed by atoms with van der Waals surface area (Å²) in [5, 5.41) is 11.4. The SMILES string of the molecule is C[C@H](OC(=O)COc1ccccc1-c1ccccc1)C(=O)Nc1ccc(C#N)cc1. The standard InChI is InChI=1S/C24H20N2O4/c1-17(24(28)26-20-13-11-18(15-25)12-14-20)30-23(27)16-29-22-10-6-5-9-21(22)19-7-3-2-4-8-19/h2-14,17H,16H2,1H3,(H,26,28)/t17-/m0/s1. The molecule has 0 radical (unpaired) electrons. The molecule has 0 saturated carbocycles. The van der Waals surface area contributed by atoms with Gasteiger partial charge >= 0.3 is 5.97 Å². The van der Waals surface area contributed by atoms with Crippen LogP contribution < -0.4 is 10.1 Å². The number of hydrogen-bond donors (Lipinski definition) is 1. The predicted octanol–water partition coefficient (Wildman–Crippen LogP) is 4.17. The van der Waals surface area contributed by atoms with E-state index in [0.29, 0.717) is 17.0 Å². The van der Waals surface area contributed by atoms with Crippen LogP contribution in [0.2, 0.25) is 0 Å². The molecule has 0 aliphatic rings. The summed E-state index contributed by atoms with van der Waals surface area (Å²) < 4.78 is 10.8. The molecule has 0 spiro atoms. The maximum absolute atomic E-state index is 12.2. The van der Waals surface area contributed by atoms with E-state index in [-0.39, 0.29) is 6.61 Å². The lowest BCUT2D eigenvalue weighted by Gasteiger charge is -2.15. The second-order valence-electron chi connectivity index (χ2n) is 6.46. The highest BCUT2D eigenvalue weighted by molar-refractivity contribution is 5.95. The Labute approximate surface area is 174 Å². The first-order valence-corrected chi connectivity index (χ1v) is 9.34. The lowest BCUT2D eigenvalue weighted by atomic mass is 10.1. The number of carbonyl (C=O) groups is 2. The molecule has 150 valence electrons. The van der Waals surface area contributed by atoms with E-state index < -0.39 is 18.0 Å². The van der Waals surface area contributed by atoms with Gasteiger partial charge in [0.25, 0.3) is 5.91 Å². The van der Waals surface area contributed by atoms with Crippen LogP contribution in [0.15, 0.2) is 78.9 Å². The molecule has 0 aliphatic carbocycles. The Bertz CT molecular complexity index is 1060. The summed E-state index contributed by atoms with van der Waals surface area (Å²) in [6, 6.07) is 25.5. The average molecular weight is 400 g/mol. The van der Waals surface area contributed by atoms with Crippen LogP contribution in [-0.2, 0) is 14.3 Å². The molecule has 0 heterocycles. The van der Waals surface area contributed by atoms with Crippen LogP contribution in [0.5, 0.6) is 5.75 Å². The number of anilines is 1. The number of benzene rings is 3. The first-order valence-electron chi connectivity index (χ1n) is 9.34. The van der Waals surface area contributed by atoms with Crippen molar-refractivity contribution in [3.63, 3.8) is 0 Å². The van der Waals surface area contributed by atoms with Crippen LogP contribution in [-0.4, -0.2) is 24.6 Å². The highest BCUT2D eigenvalue weighted by Gasteiger charge is 2.19. The predicted molar refractivity (Wildman–Crippen MR) is 113 cm³/mol. The number of nitrogens with zero attached hydrogens (tertiary/aromatic N) is 1. The molecule has 6 nitrogen and oxygen atoms in total. The Hall–Kier alpha value is -4.11. The molecule has 3 rings (SSSR count). The van der Waals surface area contributed by atoms with Crippen molar-refractivity contribution in [3.8, 4) is 22.9 Å². The molecule has 3 aromatic carbocycles. The molecule has 0 bridgehead atoms. The summed E-state index contributed by atoms with van der Waals surface area (Å²) >= 11 is 0. The monoisotopic (exact) mass is 400 g/mol. The fourth-order valence-electron chi connectivity index (χ4n) is 2.74. The molecule has 6 heteroatoms. The van der Waals surface area contributed by atoms with E-state index in [9.17, 15) is 9.59 Å². The molecular formula is C24H20N2O4. The van der Waals surface area contributed by atoms with E-state index in [1.165, 1.54) is 6.92 Å². The minimum absolute atomic E-state index is 0.321. The number of para-hydroxylation sites is 1. The van der Waals surface area contributed by atoms with Crippen LogP contribution in [0, 0.1) is 11.3 Å². The van der Waals surface area contributed by atoms with Gasteiger partial charge in [-0.3, -0.25) is 4.79 Å². The summed E-state index contributed by atoms with van der Waals surface area (Å²) in [5.41, 5.74) is 2.82. The van der Waals surface area contributed by atoms with Crippen molar-refractivity contribution in [2.45, 2.75) is 13.0 Å². The zero-order valence-corrected chi connectivity index (χ0v) is 16.4. The van der Waals surface area contributed by atoms with Gasteiger partial charge in [0.05, 0.1) is 11.6 Å². The van der Waals surface area contributed by atoms with E-state index in [4.69, 9.17) is 14.7 Å². The van der Waals surface area contributed by atoms with E-state index in [1.807, 2.05) is 54.6 Å². The van der Waals surface area contributed by atoms with E-state index in [1.54, 1.807) is 30.3 Å². The molecule has 1 atom stereocenters. The number of amides is 1. The van der Waals surface area contributed by atoms with E-state index in [0.717, 1.165) is 11.1 Å². The van der Waals surface area contributed by atoms with Gasteiger partial charge in [0.15, 0.2) is 12.7 Å². The third-order valence-electron chi connectivity index (χ3n) is 4.28. The van der Waals surface area contributed by atoms with Crippen LogP contribution >= 0.6 is 0 Å². The van der Waals surface area contributed by atoms with Gasteiger partial charge in [-0.2, -0.15) is 5.26 Å². The van der Waals surface area contributed by atoms with Gasteiger partial charge in [0.1, 0.15) is 5.75 Å². The first kappa shape index (κ1) is 20.6. The van der Waals surface area contributed by atoms with Crippen molar-refractivity contribution < 1.29 is 19.1 Å². The molecule has 30 heavy (non-hydrogen) atoms. The lowest BCUT2D eigenvalue weighted by Crippen LogP contribution is -2.31. The fraction of sp³-hybridized carbons (Fsp3) is 0.125. The van der Waals surface area contributed by atoms with Gasteiger partial charge < -0.3 is 14.8 Å². The summed E-state index contributed by atoms with van der Waals surface area (Å²) in [7, 11) is 0. The lowest BCUT2D eigenvalue weighted by molar-refractivity contribution is -0.155. The first-order chi connectivity index (χ1) is 14.6. The molecule has 0 unspecified atom stereocenters. The maximum Gasteiger partial charge on any atom is 0.344 e. The fourth-order valence-corrected chi connectivity index (χ4v) is 2.74. The van der Waals surface area contributed by atoms with E-state index in [2.05, 4.69) is 5.32 Å². The Morgan fingerprint density at radius 3 is 2.33 bits per heavy atom. The van der Waals surface area contributed by atoms with E-state index >= 15 is 0 Å². The van der Waals surface area contributed by atoms with Crippen molar-refractivity contribution in [2.75, 3.05) is 11.9 Å². The summed E-state index contributed by atoms with van der Waals surface area (Å²) in [6.45, 7) is 1.16. The minimum Gasteiger partial charge on any atom is -0.481 e. The van der Waals surface area contributed by atoms with Gasteiger partial charge in [-0.15, -0.1) is 0 Å².